The molecule has 0 atom stereocenters. The summed E-state index contributed by atoms with van der Waals surface area (Å²) in [4.78, 5) is 11.8. The monoisotopic (exact) mass is 270 g/mol. The number of methoxy groups -OCH3 is 1. The highest BCUT2D eigenvalue weighted by molar-refractivity contribution is 5.97. The smallest absolute Gasteiger partial charge is 0.340 e. The average Bonchev–Trinajstić information content (AvgIpc) is 2.42. The number of ether oxygens (including phenoxy) is 1. The summed E-state index contributed by atoms with van der Waals surface area (Å²) >= 11 is 0. The van der Waals surface area contributed by atoms with Gasteiger partial charge in [0.25, 0.3) is 0 Å². The number of carbonyl (C=O) groups excluding carboxylic acids is 1. The highest BCUT2D eigenvalue weighted by Crippen LogP contribution is 2.26. The Morgan fingerprint density at radius 3 is 2.45 bits per heavy atom. The molecule has 0 bridgehead atoms. The molecule has 2 aromatic rings. The molecule has 0 amide bonds. The number of benzene rings is 2. The van der Waals surface area contributed by atoms with E-state index in [1.165, 1.54) is 12.7 Å². The van der Waals surface area contributed by atoms with Gasteiger partial charge in [-0.15, -0.1) is 0 Å². The van der Waals surface area contributed by atoms with Crippen LogP contribution in [-0.2, 0) is 4.74 Å². The Balaban J connectivity index is 2.40. The molecule has 104 valence electrons. The molecule has 0 aliphatic heterocycles. The fourth-order valence-electron chi connectivity index (χ4n) is 2.05. The second kappa shape index (κ2) is 5.65. The van der Waals surface area contributed by atoms with E-state index in [0.29, 0.717) is 16.9 Å². The number of carbonyl (C=O) groups is 1. The van der Waals surface area contributed by atoms with Gasteiger partial charge in [0, 0.05) is 11.4 Å². The van der Waals surface area contributed by atoms with Crippen LogP contribution in [0.3, 0.4) is 0 Å². The Labute approximate surface area is 118 Å². The van der Waals surface area contributed by atoms with E-state index in [1.54, 1.807) is 18.2 Å². The van der Waals surface area contributed by atoms with Crippen molar-refractivity contribution in [3.63, 3.8) is 0 Å². The molecule has 4 nitrogen and oxygen atoms in total. The summed E-state index contributed by atoms with van der Waals surface area (Å²) in [6.07, 6.45) is 0. The molecule has 0 aliphatic carbocycles. The second-order valence-corrected chi connectivity index (χ2v) is 4.74. The zero-order valence-corrected chi connectivity index (χ0v) is 11.9. The van der Waals surface area contributed by atoms with E-state index < -0.39 is 5.97 Å². The molecule has 2 rings (SSSR count). The number of nitrogens with two attached hydrogens (primary N) is 1. The normalized spacial score (nSPS) is 10.2. The van der Waals surface area contributed by atoms with Crippen molar-refractivity contribution in [2.75, 3.05) is 18.2 Å². The molecule has 20 heavy (non-hydrogen) atoms. The van der Waals surface area contributed by atoms with E-state index in [1.807, 2.05) is 26.0 Å². The van der Waals surface area contributed by atoms with E-state index in [2.05, 4.69) is 11.4 Å². The van der Waals surface area contributed by atoms with Crippen LogP contribution in [-0.4, -0.2) is 13.1 Å². The number of anilines is 3. The van der Waals surface area contributed by atoms with Gasteiger partial charge in [0.15, 0.2) is 0 Å². The largest absolute Gasteiger partial charge is 0.465 e. The standard InChI is InChI=1S/C16H18N2O2/c1-10-4-6-14(11(2)8-10)18-15-7-5-12(17)9-13(15)16(19)20-3/h4-9,18H,17H2,1-3H3. The van der Waals surface area contributed by atoms with Crippen molar-refractivity contribution in [2.24, 2.45) is 0 Å². The highest BCUT2D eigenvalue weighted by atomic mass is 16.5. The van der Waals surface area contributed by atoms with Gasteiger partial charge in [-0.3, -0.25) is 0 Å². The average molecular weight is 270 g/mol. The van der Waals surface area contributed by atoms with Crippen LogP contribution in [0.25, 0.3) is 0 Å². The Hall–Kier alpha value is -2.49. The van der Waals surface area contributed by atoms with Crippen molar-refractivity contribution >= 4 is 23.0 Å². The Bertz CT molecular complexity index is 651. The van der Waals surface area contributed by atoms with Crippen molar-refractivity contribution in [2.45, 2.75) is 13.8 Å². The van der Waals surface area contributed by atoms with Gasteiger partial charge >= 0.3 is 5.97 Å². The summed E-state index contributed by atoms with van der Waals surface area (Å²) in [7, 11) is 1.35. The first-order valence-electron chi connectivity index (χ1n) is 6.33. The molecule has 0 unspecified atom stereocenters. The minimum atomic E-state index is -0.412. The first-order chi connectivity index (χ1) is 9.51. The lowest BCUT2D eigenvalue weighted by Crippen LogP contribution is -2.07. The van der Waals surface area contributed by atoms with Gasteiger partial charge in [-0.25, -0.2) is 4.79 Å². The zero-order chi connectivity index (χ0) is 14.7. The molecule has 2 aromatic carbocycles. The van der Waals surface area contributed by atoms with Gasteiger partial charge in [0.1, 0.15) is 0 Å². The molecule has 0 aliphatic rings. The van der Waals surface area contributed by atoms with Gasteiger partial charge in [-0.1, -0.05) is 17.7 Å². The maximum atomic E-state index is 11.8. The van der Waals surface area contributed by atoms with Gasteiger partial charge in [-0.05, 0) is 43.7 Å². The Morgan fingerprint density at radius 2 is 1.80 bits per heavy atom. The lowest BCUT2D eigenvalue weighted by atomic mass is 10.1. The Morgan fingerprint density at radius 1 is 1.10 bits per heavy atom. The van der Waals surface area contributed by atoms with Crippen LogP contribution in [0.4, 0.5) is 17.1 Å². The van der Waals surface area contributed by atoms with Gasteiger partial charge < -0.3 is 15.8 Å². The SMILES string of the molecule is COC(=O)c1cc(N)ccc1Nc1ccc(C)cc1C. The summed E-state index contributed by atoms with van der Waals surface area (Å²) in [5, 5.41) is 3.25. The molecule has 0 heterocycles. The van der Waals surface area contributed by atoms with Crippen LogP contribution in [0.15, 0.2) is 36.4 Å². The summed E-state index contributed by atoms with van der Waals surface area (Å²) in [6.45, 7) is 4.06. The van der Waals surface area contributed by atoms with E-state index in [9.17, 15) is 4.79 Å². The number of hydrogen-bond donors (Lipinski definition) is 2. The third-order valence-electron chi connectivity index (χ3n) is 3.10. The van der Waals surface area contributed by atoms with Crippen molar-refractivity contribution in [3.05, 3.63) is 53.1 Å². The number of hydrogen-bond acceptors (Lipinski definition) is 4. The molecule has 0 saturated heterocycles. The summed E-state index contributed by atoms with van der Waals surface area (Å²) in [5.74, 6) is -0.412. The molecule has 0 saturated carbocycles. The lowest BCUT2D eigenvalue weighted by molar-refractivity contribution is 0.0602. The molecular weight excluding hydrogens is 252 g/mol. The number of esters is 1. The third-order valence-corrected chi connectivity index (χ3v) is 3.10. The van der Waals surface area contributed by atoms with Crippen LogP contribution in [0, 0.1) is 13.8 Å². The lowest BCUT2D eigenvalue weighted by Gasteiger charge is -2.14. The number of nitrogens with one attached hydrogen (secondary N) is 1. The predicted molar refractivity (Wildman–Crippen MR) is 81.4 cm³/mol. The van der Waals surface area contributed by atoms with Gasteiger partial charge in [0.05, 0.1) is 18.4 Å². The summed E-state index contributed by atoms with van der Waals surface area (Å²) < 4.78 is 4.78. The minimum Gasteiger partial charge on any atom is -0.465 e. The fourth-order valence-corrected chi connectivity index (χ4v) is 2.05. The first kappa shape index (κ1) is 13.9. The Kier molecular flexibility index (Phi) is 3.94. The van der Waals surface area contributed by atoms with E-state index in [-0.39, 0.29) is 0 Å². The zero-order valence-electron chi connectivity index (χ0n) is 11.9. The van der Waals surface area contributed by atoms with Crippen LogP contribution in [0.1, 0.15) is 21.5 Å². The van der Waals surface area contributed by atoms with Crippen molar-refractivity contribution in [1.82, 2.24) is 0 Å². The predicted octanol–water partition coefficient (Wildman–Crippen LogP) is 3.42. The second-order valence-electron chi connectivity index (χ2n) is 4.74. The molecule has 4 heteroatoms. The van der Waals surface area contributed by atoms with Crippen LogP contribution in [0.2, 0.25) is 0 Å². The first-order valence-corrected chi connectivity index (χ1v) is 6.33. The number of rotatable bonds is 3. The quantitative estimate of drug-likeness (QED) is 0.662. The van der Waals surface area contributed by atoms with Crippen molar-refractivity contribution in [1.29, 1.82) is 0 Å². The summed E-state index contributed by atoms with van der Waals surface area (Å²) in [6, 6.07) is 11.2. The van der Waals surface area contributed by atoms with Crippen LogP contribution < -0.4 is 11.1 Å². The highest BCUT2D eigenvalue weighted by Gasteiger charge is 2.13. The fraction of sp³-hybridized carbons (Fsp3) is 0.188. The van der Waals surface area contributed by atoms with Crippen LogP contribution in [0.5, 0.6) is 0 Å². The number of nitrogen functional groups attached to an aromatic ring is 1. The van der Waals surface area contributed by atoms with Gasteiger partial charge in [-0.2, -0.15) is 0 Å². The molecular formula is C16H18N2O2. The van der Waals surface area contributed by atoms with Crippen molar-refractivity contribution < 1.29 is 9.53 Å². The molecule has 0 aromatic heterocycles. The molecule has 0 spiro atoms. The molecule has 3 N–H and O–H groups in total. The number of aryl methyl sites for hydroxylation is 2. The summed E-state index contributed by atoms with van der Waals surface area (Å²) in [5.41, 5.74) is 10.6. The van der Waals surface area contributed by atoms with E-state index in [0.717, 1.165) is 11.3 Å². The molecule has 0 radical (unpaired) electrons. The van der Waals surface area contributed by atoms with E-state index in [4.69, 9.17) is 10.5 Å². The minimum absolute atomic E-state index is 0.412. The van der Waals surface area contributed by atoms with Crippen LogP contribution >= 0.6 is 0 Å². The van der Waals surface area contributed by atoms with E-state index >= 15 is 0 Å². The topological polar surface area (TPSA) is 64.3 Å². The maximum Gasteiger partial charge on any atom is 0.340 e. The van der Waals surface area contributed by atoms with Crippen molar-refractivity contribution in [3.8, 4) is 0 Å². The van der Waals surface area contributed by atoms with Gasteiger partial charge in [0.2, 0.25) is 0 Å². The molecule has 0 fully saturated rings. The third kappa shape index (κ3) is 2.91. The maximum absolute atomic E-state index is 11.8.